The van der Waals surface area contributed by atoms with Gasteiger partial charge >= 0.3 is 5.97 Å². The van der Waals surface area contributed by atoms with E-state index in [-0.39, 0.29) is 16.3 Å². The number of aromatic hydroxyl groups is 1. The molecule has 0 unspecified atom stereocenters. The predicted octanol–water partition coefficient (Wildman–Crippen LogP) is 4.16. The van der Waals surface area contributed by atoms with Crippen LogP contribution < -0.4 is 0 Å². The Morgan fingerprint density at radius 2 is 1.68 bits per heavy atom. The summed E-state index contributed by atoms with van der Waals surface area (Å²) in [7, 11) is 0. The highest BCUT2D eigenvalue weighted by atomic mass is 35.5. The van der Waals surface area contributed by atoms with E-state index in [1.807, 2.05) is 6.07 Å². The smallest absolute Gasteiger partial charge is 0.339 e. The van der Waals surface area contributed by atoms with Gasteiger partial charge in [-0.2, -0.15) is 10.2 Å². The summed E-state index contributed by atoms with van der Waals surface area (Å²) in [5, 5.41) is 26.1. The van der Waals surface area contributed by atoms with Crippen molar-refractivity contribution < 1.29 is 15.0 Å². The molecule has 0 heterocycles. The Labute approximate surface area is 113 Å². The molecule has 2 rings (SSSR count). The molecule has 0 aliphatic carbocycles. The predicted molar refractivity (Wildman–Crippen MR) is 70.7 cm³/mol. The molecule has 0 atom stereocenters. The van der Waals surface area contributed by atoms with Crippen LogP contribution in [0.5, 0.6) is 5.75 Å². The molecule has 0 saturated carbocycles. The van der Waals surface area contributed by atoms with Crippen LogP contribution in [0.4, 0.5) is 11.4 Å². The van der Waals surface area contributed by atoms with Gasteiger partial charge in [0.1, 0.15) is 11.3 Å². The lowest BCUT2D eigenvalue weighted by Gasteiger charge is -2.02. The maximum atomic E-state index is 10.9. The average molecular weight is 277 g/mol. The molecule has 0 radical (unpaired) electrons. The molecule has 0 aliphatic heterocycles. The molecule has 0 bridgehead atoms. The van der Waals surface area contributed by atoms with Crippen molar-refractivity contribution in [2.45, 2.75) is 0 Å². The zero-order chi connectivity index (χ0) is 13.8. The molecular formula is C13H9ClN2O3. The fourth-order valence-corrected chi connectivity index (χ4v) is 1.63. The molecule has 6 heteroatoms. The summed E-state index contributed by atoms with van der Waals surface area (Å²) < 4.78 is 0. The van der Waals surface area contributed by atoms with Crippen LogP contribution in [0, 0.1) is 0 Å². The highest BCUT2D eigenvalue weighted by Crippen LogP contribution is 2.33. The molecule has 5 nitrogen and oxygen atoms in total. The van der Waals surface area contributed by atoms with Crippen LogP contribution in [0.3, 0.4) is 0 Å². The Morgan fingerprint density at radius 1 is 1.05 bits per heavy atom. The molecule has 0 amide bonds. The Kier molecular flexibility index (Phi) is 3.77. The van der Waals surface area contributed by atoms with Gasteiger partial charge in [-0.25, -0.2) is 4.79 Å². The Balaban J connectivity index is 2.36. The molecular weight excluding hydrogens is 268 g/mol. The van der Waals surface area contributed by atoms with Gasteiger partial charge in [-0.15, -0.1) is 0 Å². The normalized spacial score (nSPS) is 10.8. The standard InChI is InChI=1S/C13H9ClN2O3/c14-11-7-9(6-10(12(11)17)13(18)19)16-15-8-4-2-1-3-5-8/h1-7,17H,(H,18,19). The van der Waals surface area contributed by atoms with E-state index in [2.05, 4.69) is 10.2 Å². The molecule has 0 fully saturated rings. The van der Waals surface area contributed by atoms with Gasteiger partial charge in [-0.3, -0.25) is 0 Å². The number of carboxylic acid groups (broad SMARTS) is 1. The summed E-state index contributed by atoms with van der Waals surface area (Å²) in [4.78, 5) is 10.9. The second-order valence-corrected chi connectivity index (χ2v) is 4.07. The third-order valence-electron chi connectivity index (χ3n) is 2.32. The number of phenols is 1. The van der Waals surface area contributed by atoms with E-state index >= 15 is 0 Å². The van der Waals surface area contributed by atoms with E-state index < -0.39 is 11.7 Å². The van der Waals surface area contributed by atoms with Gasteiger partial charge in [-0.05, 0) is 24.3 Å². The summed E-state index contributed by atoms with van der Waals surface area (Å²) in [5.74, 6) is -1.76. The highest BCUT2D eigenvalue weighted by molar-refractivity contribution is 6.32. The average Bonchev–Trinajstić information content (AvgIpc) is 2.41. The SMILES string of the molecule is O=C(O)c1cc(N=Nc2ccccc2)cc(Cl)c1O. The zero-order valence-electron chi connectivity index (χ0n) is 9.62. The van der Waals surface area contributed by atoms with E-state index in [4.69, 9.17) is 16.7 Å². The second kappa shape index (κ2) is 5.49. The minimum Gasteiger partial charge on any atom is -0.505 e. The maximum absolute atomic E-state index is 10.9. The van der Waals surface area contributed by atoms with Crippen molar-refractivity contribution in [3.63, 3.8) is 0 Å². The third kappa shape index (κ3) is 3.08. The van der Waals surface area contributed by atoms with E-state index in [9.17, 15) is 9.90 Å². The van der Waals surface area contributed by atoms with Crippen LogP contribution >= 0.6 is 11.6 Å². The van der Waals surface area contributed by atoms with Crippen LogP contribution in [0.1, 0.15) is 10.4 Å². The van der Waals surface area contributed by atoms with Crippen molar-refractivity contribution in [2.75, 3.05) is 0 Å². The number of benzene rings is 2. The molecule has 2 aromatic carbocycles. The summed E-state index contributed by atoms with van der Waals surface area (Å²) in [6.07, 6.45) is 0. The van der Waals surface area contributed by atoms with Crippen molar-refractivity contribution in [2.24, 2.45) is 10.2 Å². The number of hydrogen-bond acceptors (Lipinski definition) is 4. The third-order valence-corrected chi connectivity index (χ3v) is 2.60. The zero-order valence-corrected chi connectivity index (χ0v) is 10.4. The maximum Gasteiger partial charge on any atom is 0.339 e. The lowest BCUT2D eigenvalue weighted by molar-refractivity contribution is 0.0694. The van der Waals surface area contributed by atoms with Crippen molar-refractivity contribution in [1.82, 2.24) is 0 Å². The van der Waals surface area contributed by atoms with Crippen LogP contribution in [0.2, 0.25) is 5.02 Å². The first-order chi connectivity index (χ1) is 9.08. The number of carboxylic acids is 1. The van der Waals surface area contributed by atoms with Gasteiger partial charge < -0.3 is 10.2 Å². The van der Waals surface area contributed by atoms with Crippen LogP contribution in [-0.4, -0.2) is 16.2 Å². The number of azo groups is 1. The summed E-state index contributed by atoms with van der Waals surface area (Å²) in [6, 6.07) is 11.5. The number of halogens is 1. The van der Waals surface area contributed by atoms with Crippen LogP contribution in [0.25, 0.3) is 0 Å². The highest BCUT2D eigenvalue weighted by Gasteiger charge is 2.14. The number of rotatable bonds is 3. The van der Waals surface area contributed by atoms with Crippen molar-refractivity contribution >= 4 is 28.9 Å². The first kappa shape index (κ1) is 13.0. The number of carbonyl (C=O) groups is 1. The van der Waals surface area contributed by atoms with Crippen molar-refractivity contribution in [1.29, 1.82) is 0 Å². The van der Waals surface area contributed by atoms with Gasteiger partial charge in [0.15, 0.2) is 0 Å². The molecule has 0 spiro atoms. The largest absolute Gasteiger partial charge is 0.505 e. The summed E-state index contributed by atoms with van der Waals surface area (Å²) in [5.41, 5.74) is 0.571. The van der Waals surface area contributed by atoms with E-state index in [1.165, 1.54) is 12.1 Å². The van der Waals surface area contributed by atoms with Crippen LogP contribution in [0.15, 0.2) is 52.7 Å². The quantitative estimate of drug-likeness (QED) is 0.826. The lowest BCUT2D eigenvalue weighted by Crippen LogP contribution is -1.96. The monoisotopic (exact) mass is 276 g/mol. The Hall–Kier alpha value is -2.40. The second-order valence-electron chi connectivity index (χ2n) is 3.66. The molecule has 2 N–H and O–H groups in total. The minimum absolute atomic E-state index is 0.0816. The van der Waals surface area contributed by atoms with E-state index in [1.54, 1.807) is 24.3 Å². The molecule has 0 saturated heterocycles. The number of nitrogens with zero attached hydrogens (tertiary/aromatic N) is 2. The van der Waals surface area contributed by atoms with Gasteiger partial charge in [-0.1, -0.05) is 29.8 Å². The minimum atomic E-state index is -1.28. The first-order valence-electron chi connectivity index (χ1n) is 5.30. The lowest BCUT2D eigenvalue weighted by atomic mass is 10.2. The molecule has 96 valence electrons. The topological polar surface area (TPSA) is 82.2 Å². The molecule has 2 aromatic rings. The van der Waals surface area contributed by atoms with Gasteiger partial charge in [0.05, 0.1) is 16.4 Å². The van der Waals surface area contributed by atoms with Gasteiger partial charge in [0, 0.05) is 0 Å². The van der Waals surface area contributed by atoms with Crippen molar-refractivity contribution in [3.8, 4) is 5.75 Å². The molecule has 0 aliphatic rings. The van der Waals surface area contributed by atoms with Crippen molar-refractivity contribution in [3.05, 3.63) is 53.1 Å². The molecule has 0 aromatic heterocycles. The van der Waals surface area contributed by atoms with Gasteiger partial charge in [0.2, 0.25) is 0 Å². The fourth-order valence-electron chi connectivity index (χ4n) is 1.42. The molecule has 19 heavy (non-hydrogen) atoms. The summed E-state index contributed by atoms with van der Waals surface area (Å²) >= 11 is 5.73. The van der Waals surface area contributed by atoms with Crippen LogP contribution in [-0.2, 0) is 0 Å². The fraction of sp³-hybridized carbons (Fsp3) is 0. The number of aromatic carboxylic acids is 1. The summed E-state index contributed by atoms with van der Waals surface area (Å²) in [6.45, 7) is 0. The van der Waals surface area contributed by atoms with E-state index in [0.717, 1.165) is 0 Å². The number of hydrogen-bond donors (Lipinski definition) is 2. The van der Waals surface area contributed by atoms with E-state index in [0.29, 0.717) is 5.69 Å². The van der Waals surface area contributed by atoms with Gasteiger partial charge in [0.25, 0.3) is 0 Å². The Bertz CT molecular complexity index is 642. The Morgan fingerprint density at radius 3 is 2.32 bits per heavy atom. The first-order valence-corrected chi connectivity index (χ1v) is 5.68.